The molecule has 2 aromatic rings. The van der Waals surface area contributed by atoms with E-state index in [2.05, 4.69) is 0 Å². The molecule has 8 nitrogen and oxygen atoms in total. The number of anilines is 1. The van der Waals surface area contributed by atoms with E-state index in [4.69, 9.17) is 29.4 Å². The quantitative estimate of drug-likeness (QED) is 0.608. The van der Waals surface area contributed by atoms with Gasteiger partial charge in [0, 0.05) is 0 Å². The minimum atomic E-state index is -0.517. The molecule has 3 N–H and O–H groups in total. The Morgan fingerprint density at radius 1 is 1.00 bits per heavy atom. The number of hydrogen-bond acceptors (Lipinski definition) is 8. The van der Waals surface area contributed by atoms with E-state index in [-0.39, 0.29) is 40.1 Å². The van der Waals surface area contributed by atoms with E-state index in [9.17, 15) is 9.90 Å². The van der Waals surface area contributed by atoms with Crippen molar-refractivity contribution in [2.75, 3.05) is 34.2 Å². The Hall–Kier alpha value is -3.55. The molecule has 0 aromatic heterocycles. The van der Waals surface area contributed by atoms with Crippen LogP contribution in [0.2, 0.25) is 0 Å². The largest absolute Gasteiger partial charge is 0.504 e. The van der Waals surface area contributed by atoms with E-state index in [1.807, 2.05) is 0 Å². The Morgan fingerprint density at radius 2 is 1.67 bits per heavy atom. The lowest BCUT2D eigenvalue weighted by Gasteiger charge is -2.15. The van der Waals surface area contributed by atoms with Crippen LogP contribution in [0, 0.1) is 0 Å². The summed E-state index contributed by atoms with van der Waals surface area (Å²) in [6, 6.07) is 5.04. The van der Waals surface area contributed by atoms with Crippen LogP contribution in [0.1, 0.15) is 15.9 Å². The Balaban J connectivity index is 2.12. The molecule has 1 aliphatic heterocycles. The molecule has 0 amide bonds. The number of phenolic OH excluding ortho intramolecular Hbond substituents is 1. The molecule has 3 rings (SSSR count). The van der Waals surface area contributed by atoms with Gasteiger partial charge in [-0.15, -0.1) is 0 Å². The molecule has 0 aliphatic carbocycles. The zero-order valence-corrected chi connectivity index (χ0v) is 15.3. The van der Waals surface area contributed by atoms with Crippen molar-refractivity contribution in [2.45, 2.75) is 0 Å². The minimum absolute atomic E-state index is 0.00141. The third kappa shape index (κ3) is 2.84. The average molecular weight is 373 g/mol. The second kappa shape index (κ2) is 6.99. The molecule has 2 aromatic carbocycles. The van der Waals surface area contributed by atoms with Gasteiger partial charge in [-0.25, -0.2) is 0 Å². The molecule has 27 heavy (non-hydrogen) atoms. The maximum atomic E-state index is 12.8. The molecule has 0 atom stereocenters. The summed E-state index contributed by atoms with van der Waals surface area (Å²) in [6.07, 6.45) is 1.51. The number of ether oxygens (including phenoxy) is 5. The van der Waals surface area contributed by atoms with E-state index in [0.717, 1.165) is 0 Å². The van der Waals surface area contributed by atoms with Crippen LogP contribution >= 0.6 is 0 Å². The fraction of sp³-hybridized carbons (Fsp3) is 0.211. The molecule has 0 spiro atoms. The Morgan fingerprint density at radius 3 is 2.22 bits per heavy atom. The highest BCUT2D eigenvalue weighted by Crippen LogP contribution is 2.56. The zero-order valence-electron chi connectivity index (χ0n) is 15.3. The lowest BCUT2D eigenvalue weighted by Crippen LogP contribution is -2.00. The van der Waals surface area contributed by atoms with Gasteiger partial charge in [0.1, 0.15) is 11.3 Å². The van der Waals surface area contributed by atoms with Gasteiger partial charge in [-0.05, 0) is 23.8 Å². The van der Waals surface area contributed by atoms with Crippen molar-refractivity contribution in [2.24, 2.45) is 0 Å². The molecule has 0 bridgehead atoms. The molecular formula is C19H19NO7. The first-order valence-electron chi connectivity index (χ1n) is 7.89. The number of ketones is 1. The predicted molar refractivity (Wildman–Crippen MR) is 98.1 cm³/mol. The molecule has 0 saturated heterocycles. The number of aromatic hydroxyl groups is 1. The molecule has 8 heteroatoms. The first kappa shape index (κ1) is 18.2. The van der Waals surface area contributed by atoms with Crippen LogP contribution in [-0.2, 0) is 0 Å². The number of carbonyl (C=O) groups is 1. The van der Waals surface area contributed by atoms with E-state index < -0.39 is 5.78 Å². The number of rotatable bonds is 5. The normalized spacial score (nSPS) is 13.9. The number of Topliss-reactive ketones (excluding diaryl/α,β-unsaturated/α-hetero) is 1. The summed E-state index contributed by atoms with van der Waals surface area (Å²) in [7, 11) is 5.65. The van der Waals surface area contributed by atoms with Crippen molar-refractivity contribution < 1.29 is 33.6 Å². The third-order valence-corrected chi connectivity index (χ3v) is 4.12. The molecule has 0 radical (unpaired) electrons. The monoisotopic (exact) mass is 373 g/mol. The highest BCUT2D eigenvalue weighted by Gasteiger charge is 2.39. The molecule has 0 unspecified atom stereocenters. The van der Waals surface area contributed by atoms with Crippen LogP contribution in [-0.4, -0.2) is 39.3 Å². The van der Waals surface area contributed by atoms with Crippen LogP contribution in [0.5, 0.6) is 34.5 Å². The van der Waals surface area contributed by atoms with Gasteiger partial charge < -0.3 is 34.5 Å². The third-order valence-electron chi connectivity index (χ3n) is 4.12. The van der Waals surface area contributed by atoms with Gasteiger partial charge in [0.2, 0.25) is 23.0 Å². The maximum Gasteiger partial charge on any atom is 0.236 e. The number of methoxy groups -OCH3 is 4. The number of nitrogens with two attached hydrogens (primary N) is 1. The maximum absolute atomic E-state index is 12.8. The summed E-state index contributed by atoms with van der Waals surface area (Å²) < 4.78 is 26.5. The molecule has 1 aliphatic rings. The number of hydrogen-bond donors (Lipinski definition) is 2. The first-order valence-corrected chi connectivity index (χ1v) is 7.89. The van der Waals surface area contributed by atoms with Crippen LogP contribution in [0.15, 0.2) is 24.0 Å². The fourth-order valence-corrected chi connectivity index (χ4v) is 2.89. The summed E-state index contributed by atoms with van der Waals surface area (Å²) in [5, 5.41) is 10.5. The van der Waals surface area contributed by atoms with Crippen molar-refractivity contribution in [1.82, 2.24) is 0 Å². The summed E-state index contributed by atoms with van der Waals surface area (Å²) in [5.41, 5.74) is 6.88. The SMILES string of the molecule is COc1ccc(/C=C2\Oc3c(OC)c(OC)c(OC)c(O)c3C2=O)cc1N. The van der Waals surface area contributed by atoms with E-state index >= 15 is 0 Å². The lowest BCUT2D eigenvalue weighted by atomic mass is 10.1. The molecule has 0 saturated carbocycles. The summed E-state index contributed by atoms with van der Waals surface area (Å²) >= 11 is 0. The Bertz CT molecular complexity index is 950. The van der Waals surface area contributed by atoms with E-state index in [1.54, 1.807) is 18.2 Å². The van der Waals surface area contributed by atoms with Gasteiger partial charge in [-0.3, -0.25) is 4.79 Å². The fourth-order valence-electron chi connectivity index (χ4n) is 2.89. The van der Waals surface area contributed by atoms with Crippen molar-refractivity contribution >= 4 is 17.5 Å². The van der Waals surface area contributed by atoms with Gasteiger partial charge in [-0.2, -0.15) is 0 Å². The van der Waals surface area contributed by atoms with Gasteiger partial charge in [0.05, 0.1) is 34.1 Å². The number of phenols is 1. The van der Waals surface area contributed by atoms with E-state index in [1.165, 1.54) is 34.5 Å². The second-order valence-corrected chi connectivity index (χ2v) is 5.59. The van der Waals surface area contributed by atoms with Crippen molar-refractivity contribution in [3.8, 4) is 34.5 Å². The molecule has 0 fully saturated rings. The summed E-state index contributed by atoms with van der Waals surface area (Å²) in [5.74, 6) is -0.0622. The van der Waals surface area contributed by atoms with Crippen LogP contribution in [0.3, 0.4) is 0 Å². The zero-order chi connectivity index (χ0) is 19.7. The van der Waals surface area contributed by atoms with Gasteiger partial charge in [-0.1, -0.05) is 6.07 Å². The lowest BCUT2D eigenvalue weighted by molar-refractivity contribution is 0.101. The van der Waals surface area contributed by atoms with Crippen LogP contribution in [0.4, 0.5) is 5.69 Å². The molecular weight excluding hydrogens is 354 g/mol. The van der Waals surface area contributed by atoms with Crippen molar-refractivity contribution in [3.63, 3.8) is 0 Å². The predicted octanol–water partition coefficient (Wildman–Crippen LogP) is 2.62. The smallest absolute Gasteiger partial charge is 0.236 e. The van der Waals surface area contributed by atoms with Crippen molar-refractivity contribution in [1.29, 1.82) is 0 Å². The summed E-state index contributed by atoms with van der Waals surface area (Å²) in [4.78, 5) is 12.8. The Labute approximate surface area is 155 Å². The van der Waals surface area contributed by atoms with Crippen LogP contribution in [0.25, 0.3) is 6.08 Å². The molecule has 1 heterocycles. The summed E-state index contributed by atoms with van der Waals surface area (Å²) in [6.45, 7) is 0. The second-order valence-electron chi connectivity index (χ2n) is 5.59. The number of fused-ring (bicyclic) bond motifs is 1. The highest BCUT2D eigenvalue weighted by atomic mass is 16.6. The first-order chi connectivity index (χ1) is 13.0. The van der Waals surface area contributed by atoms with Gasteiger partial charge >= 0.3 is 0 Å². The number of nitrogen functional groups attached to an aromatic ring is 1. The highest BCUT2D eigenvalue weighted by molar-refractivity contribution is 6.17. The van der Waals surface area contributed by atoms with Crippen LogP contribution < -0.4 is 29.4 Å². The minimum Gasteiger partial charge on any atom is -0.504 e. The number of carbonyl (C=O) groups excluding carboxylic acids is 1. The number of allylic oxidation sites excluding steroid dienone is 1. The van der Waals surface area contributed by atoms with E-state index in [0.29, 0.717) is 17.0 Å². The van der Waals surface area contributed by atoms with Gasteiger partial charge in [0.25, 0.3) is 0 Å². The Kier molecular flexibility index (Phi) is 4.72. The molecule has 142 valence electrons. The van der Waals surface area contributed by atoms with Gasteiger partial charge in [0.15, 0.2) is 17.3 Å². The number of benzene rings is 2. The topological polar surface area (TPSA) is 109 Å². The van der Waals surface area contributed by atoms with Crippen molar-refractivity contribution in [3.05, 3.63) is 35.1 Å². The average Bonchev–Trinajstić information content (AvgIpc) is 2.98. The standard InChI is InChI=1S/C19H19NO7/c1-23-11-6-5-9(7-10(11)20)8-12-14(21)13-15(22)17(24-2)19(26-4)18(25-3)16(13)27-12/h5-8,22H,20H2,1-4H3/b12-8-.